The summed E-state index contributed by atoms with van der Waals surface area (Å²) in [4.78, 5) is 31.5. The van der Waals surface area contributed by atoms with E-state index in [1.165, 1.54) is 22.2 Å². The number of rotatable bonds is 5. The van der Waals surface area contributed by atoms with E-state index in [0.717, 1.165) is 0 Å². The van der Waals surface area contributed by atoms with Gasteiger partial charge in [-0.1, -0.05) is 34.5 Å². The number of fused-ring (bicyclic) bond motifs is 1. The second-order valence-corrected chi connectivity index (χ2v) is 9.47. The standard InChI is InChI=1S/C25H18Cl2N2O5S/c1-3-32-24(31)21-13(2)28-25-29(23(30)20(35-25)12-15-5-4-10-33-15)22(21)19-9-8-18(34-19)14-6-7-16(26)17(27)11-14/h4-12,22H,3H2,1-2H3/b20-12-/t22-/m0/s1. The second-order valence-electron chi connectivity index (χ2n) is 7.65. The topological polar surface area (TPSA) is 86.9 Å². The molecule has 4 heterocycles. The van der Waals surface area contributed by atoms with Crippen LogP contribution in [0.15, 0.2) is 78.6 Å². The molecule has 0 amide bonds. The van der Waals surface area contributed by atoms with Crippen molar-refractivity contribution < 1.29 is 18.4 Å². The van der Waals surface area contributed by atoms with E-state index >= 15 is 0 Å². The van der Waals surface area contributed by atoms with Gasteiger partial charge < -0.3 is 13.6 Å². The van der Waals surface area contributed by atoms with Crippen LogP contribution in [-0.2, 0) is 9.53 Å². The number of nitrogens with zero attached hydrogens (tertiary/aromatic N) is 2. The molecule has 0 bridgehead atoms. The van der Waals surface area contributed by atoms with Crippen LogP contribution in [0.3, 0.4) is 0 Å². The average molecular weight is 529 g/mol. The molecular weight excluding hydrogens is 511 g/mol. The third kappa shape index (κ3) is 4.29. The lowest BCUT2D eigenvalue weighted by molar-refractivity contribution is -0.139. The Morgan fingerprint density at radius 2 is 2.06 bits per heavy atom. The van der Waals surface area contributed by atoms with Gasteiger partial charge >= 0.3 is 5.97 Å². The minimum absolute atomic E-state index is 0.178. The maximum absolute atomic E-state index is 13.5. The maximum Gasteiger partial charge on any atom is 0.338 e. The first-order chi connectivity index (χ1) is 16.9. The predicted octanol–water partition coefficient (Wildman–Crippen LogP) is 4.96. The molecule has 35 heavy (non-hydrogen) atoms. The average Bonchev–Trinajstić information content (AvgIpc) is 3.57. The Balaban J connectivity index is 1.69. The van der Waals surface area contributed by atoms with Crippen molar-refractivity contribution in [2.24, 2.45) is 4.99 Å². The van der Waals surface area contributed by atoms with Crippen molar-refractivity contribution in [3.63, 3.8) is 0 Å². The van der Waals surface area contributed by atoms with E-state index in [4.69, 9.17) is 36.8 Å². The molecule has 0 spiro atoms. The van der Waals surface area contributed by atoms with Crippen LogP contribution in [0, 0.1) is 0 Å². The van der Waals surface area contributed by atoms with Crippen molar-refractivity contribution in [3.05, 3.63) is 101 Å². The first kappa shape index (κ1) is 23.4. The number of thiazole rings is 1. The van der Waals surface area contributed by atoms with Gasteiger partial charge in [0.2, 0.25) is 0 Å². The van der Waals surface area contributed by atoms with Gasteiger partial charge in [-0.05, 0) is 56.3 Å². The van der Waals surface area contributed by atoms with Crippen molar-refractivity contribution >= 4 is 46.6 Å². The maximum atomic E-state index is 13.5. The summed E-state index contributed by atoms with van der Waals surface area (Å²) < 4.78 is 18.7. The lowest BCUT2D eigenvalue weighted by Gasteiger charge is -2.22. The summed E-state index contributed by atoms with van der Waals surface area (Å²) in [5, 5.41) is 0.810. The van der Waals surface area contributed by atoms with Crippen LogP contribution in [0.1, 0.15) is 31.4 Å². The van der Waals surface area contributed by atoms with Gasteiger partial charge in [0.1, 0.15) is 23.3 Å². The highest BCUT2D eigenvalue weighted by atomic mass is 35.5. The third-order valence-corrected chi connectivity index (χ3v) is 7.16. The molecule has 7 nitrogen and oxygen atoms in total. The largest absolute Gasteiger partial charge is 0.465 e. The Morgan fingerprint density at radius 3 is 2.77 bits per heavy atom. The zero-order valence-corrected chi connectivity index (χ0v) is 20.9. The van der Waals surface area contributed by atoms with Gasteiger partial charge in [-0.2, -0.15) is 0 Å². The quantitative estimate of drug-likeness (QED) is 0.341. The number of carbonyl (C=O) groups is 1. The van der Waals surface area contributed by atoms with Crippen molar-refractivity contribution in [2.75, 3.05) is 6.61 Å². The molecule has 10 heteroatoms. The molecule has 0 saturated carbocycles. The molecular formula is C25H18Cl2N2O5S. The molecule has 1 aromatic carbocycles. The zero-order chi connectivity index (χ0) is 24.7. The molecule has 0 fully saturated rings. The highest BCUT2D eigenvalue weighted by Crippen LogP contribution is 2.35. The van der Waals surface area contributed by atoms with Crippen LogP contribution < -0.4 is 14.9 Å². The molecule has 1 atom stereocenters. The molecule has 5 rings (SSSR count). The summed E-state index contributed by atoms with van der Waals surface area (Å²) in [6, 6.07) is 11.3. The molecule has 0 radical (unpaired) electrons. The minimum atomic E-state index is -0.861. The minimum Gasteiger partial charge on any atom is -0.465 e. The number of hydrogen-bond acceptors (Lipinski definition) is 7. The van der Waals surface area contributed by atoms with Gasteiger partial charge in [0, 0.05) is 11.6 Å². The number of esters is 1. The Morgan fingerprint density at radius 1 is 1.23 bits per heavy atom. The van der Waals surface area contributed by atoms with Crippen molar-refractivity contribution in [3.8, 4) is 11.3 Å². The summed E-state index contributed by atoms with van der Waals surface area (Å²) in [6.07, 6.45) is 3.18. The Hall–Kier alpha value is -3.33. The highest BCUT2D eigenvalue weighted by molar-refractivity contribution is 7.07. The molecule has 4 aromatic rings. The molecule has 1 aliphatic heterocycles. The van der Waals surface area contributed by atoms with Crippen molar-refractivity contribution in [1.82, 2.24) is 4.57 Å². The first-order valence-corrected chi connectivity index (χ1v) is 12.2. The van der Waals surface area contributed by atoms with Crippen LogP contribution in [0.2, 0.25) is 10.0 Å². The summed E-state index contributed by atoms with van der Waals surface area (Å²) in [5.74, 6) is 0.864. The number of carbonyl (C=O) groups excluding carboxylic acids is 1. The second kappa shape index (κ2) is 9.37. The van der Waals surface area contributed by atoms with E-state index in [-0.39, 0.29) is 17.7 Å². The number of furan rings is 2. The van der Waals surface area contributed by atoms with Crippen LogP contribution in [0.25, 0.3) is 17.4 Å². The van der Waals surface area contributed by atoms with Crippen LogP contribution in [0.5, 0.6) is 0 Å². The van der Waals surface area contributed by atoms with Gasteiger partial charge in [-0.15, -0.1) is 0 Å². The fraction of sp³-hybridized carbons (Fsp3) is 0.160. The lowest BCUT2D eigenvalue weighted by atomic mass is 10.0. The van der Waals surface area contributed by atoms with Gasteiger partial charge in [0.05, 0.1) is 38.7 Å². The predicted molar refractivity (Wildman–Crippen MR) is 133 cm³/mol. The van der Waals surface area contributed by atoms with E-state index in [1.54, 1.807) is 62.4 Å². The fourth-order valence-corrected chi connectivity index (χ4v) is 5.19. The molecule has 1 aliphatic rings. The summed E-state index contributed by atoms with van der Waals surface area (Å²) in [6.45, 7) is 3.61. The number of allylic oxidation sites excluding steroid dienone is 1. The van der Waals surface area contributed by atoms with E-state index in [2.05, 4.69) is 4.99 Å². The smallest absolute Gasteiger partial charge is 0.338 e. The SMILES string of the molecule is CCOC(=O)C1=C(C)N=c2s/c(=C\c3ccco3)c(=O)n2[C@H]1c1ccc(-c2ccc(Cl)c(Cl)c2)o1. The molecule has 0 N–H and O–H groups in total. The highest BCUT2D eigenvalue weighted by Gasteiger charge is 2.35. The number of aromatic nitrogens is 1. The zero-order valence-electron chi connectivity index (χ0n) is 18.6. The number of ether oxygens (including phenoxy) is 1. The Kier molecular flexibility index (Phi) is 6.27. The van der Waals surface area contributed by atoms with Gasteiger partial charge in [0.25, 0.3) is 5.56 Å². The number of benzene rings is 1. The molecule has 3 aromatic heterocycles. The first-order valence-electron chi connectivity index (χ1n) is 10.7. The van der Waals surface area contributed by atoms with E-state index < -0.39 is 12.0 Å². The van der Waals surface area contributed by atoms with Crippen molar-refractivity contribution in [2.45, 2.75) is 19.9 Å². The Bertz CT molecular complexity index is 1640. The van der Waals surface area contributed by atoms with Gasteiger partial charge in [0.15, 0.2) is 4.80 Å². The van der Waals surface area contributed by atoms with Crippen LogP contribution in [-0.4, -0.2) is 17.1 Å². The Labute approximate surface area is 213 Å². The van der Waals surface area contributed by atoms with Gasteiger partial charge in [-0.25, -0.2) is 9.79 Å². The summed E-state index contributed by atoms with van der Waals surface area (Å²) >= 11 is 13.4. The van der Waals surface area contributed by atoms with Crippen LogP contribution in [0.4, 0.5) is 0 Å². The van der Waals surface area contributed by atoms with E-state index in [9.17, 15) is 9.59 Å². The van der Waals surface area contributed by atoms with Gasteiger partial charge in [-0.3, -0.25) is 9.36 Å². The normalized spacial score (nSPS) is 15.8. The van der Waals surface area contributed by atoms with E-state index in [1.807, 2.05) is 0 Å². The molecule has 0 saturated heterocycles. The molecule has 0 aliphatic carbocycles. The molecule has 0 unspecified atom stereocenters. The fourth-order valence-electron chi connectivity index (χ4n) is 3.87. The monoisotopic (exact) mass is 528 g/mol. The number of hydrogen-bond donors (Lipinski definition) is 0. The molecule has 178 valence electrons. The summed E-state index contributed by atoms with van der Waals surface area (Å²) in [7, 11) is 0. The van der Waals surface area contributed by atoms with Crippen molar-refractivity contribution in [1.29, 1.82) is 0 Å². The van der Waals surface area contributed by atoms with E-state index in [0.29, 0.717) is 47.9 Å². The van der Waals surface area contributed by atoms with Crippen LogP contribution >= 0.6 is 34.5 Å². The third-order valence-electron chi connectivity index (χ3n) is 5.43. The lowest BCUT2D eigenvalue weighted by Crippen LogP contribution is -2.39. The number of halogens is 2. The summed E-state index contributed by atoms with van der Waals surface area (Å²) in [5.41, 5.74) is 1.07.